The second-order valence-corrected chi connectivity index (χ2v) is 10.8. The van der Waals surface area contributed by atoms with Gasteiger partial charge in [-0.05, 0) is 60.2 Å². The van der Waals surface area contributed by atoms with E-state index in [1.807, 2.05) is 24.3 Å². The van der Waals surface area contributed by atoms with Crippen LogP contribution in [0.1, 0.15) is 43.4 Å². The lowest BCUT2D eigenvalue weighted by molar-refractivity contribution is 0.593. The van der Waals surface area contributed by atoms with E-state index in [1.165, 1.54) is 9.87 Å². The first-order valence-electron chi connectivity index (χ1n) is 10.1. The number of aliphatic imine (C=N–C) groups is 1. The van der Waals surface area contributed by atoms with Crippen molar-refractivity contribution in [2.24, 2.45) is 10.1 Å². The third-order valence-corrected chi connectivity index (χ3v) is 8.04. The predicted octanol–water partition coefficient (Wildman–Crippen LogP) is 4.25. The number of anilines is 1. The molecule has 6 nitrogen and oxygen atoms in total. The normalized spacial score (nSPS) is 17.8. The first kappa shape index (κ1) is 20.9. The second kappa shape index (κ2) is 8.43. The van der Waals surface area contributed by atoms with Crippen molar-refractivity contribution in [2.75, 3.05) is 22.4 Å². The second-order valence-electron chi connectivity index (χ2n) is 7.69. The number of hydrogen-bond acceptors (Lipinski definition) is 5. The average Bonchev–Trinajstić information content (AvgIpc) is 3.19. The maximum Gasteiger partial charge on any atom is 0.234 e. The van der Waals surface area contributed by atoms with E-state index in [9.17, 15) is 8.42 Å². The summed E-state index contributed by atoms with van der Waals surface area (Å²) in [6.07, 6.45) is 0.731. The van der Waals surface area contributed by atoms with E-state index in [-0.39, 0.29) is 5.75 Å². The van der Waals surface area contributed by atoms with Crippen molar-refractivity contribution in [1.82, 2.24) is 5.43 Å². The zero-order valence-corrected chi connectivity index (χ0v) is 19.1. The number of thioether (sulfide) groups is 1. The molecular formula is C22H26N4O2S2. The minimum atomic E-state index is -3.22. The topological polar surface area (TPSA) is 74.1 Å². The van der Waals surface area contributed by atoms with Gasteiger partial charge in [-0.2, -0.15) is 5.10 Å². The van der Waals surface area contributed by atoms with Gasteiger partial charge in [0.05, 0.1) is 22.8 Å². The molecule has 30 heavy (non-hydrogen) atoms. The fourth-order valence-corrected chi connectivity index (χ4v) is 5.51. The van der Waals surface area contributed by atoms with Crippen LogP contribution in [0.3, 0.4) is 0 Å². The van der Waals surface area contributed by atoms with Crippen LogP contribution in [-0.4, -0.2) is 37.3 Å². The summed E-state index contributed by atoms with van der Waals surface area (Å²) in [5.74, 6) is 1.33. The zero-order valence-electron chi connectivity index (χ0n) is 17.4. The van der Waals surface area contributed by atoms with Crippen LogP contribution in [0.25, 0.3) is 0 Å². The fourth-order valence-electron chi connectivity index (χ4n) is 3.57. The van der Waals surface area contributed by atoms with Crippen molar-refractivity contribution in [3.63, 3.8) is 0 Å². The van der Waals surface area contributed by atoms with E-state index < -0.39 is 10.0 Å². The lowest BCUT2D eigenvalue weighted by atomic mass is 10.0. The monoisotopic (exact) mass is 442 g/mol. The molecule has 2 aliphatic rings. The molecule has 2 heterocycles. The molecule has 0 bridgehead atoms. The van der Waals surface area contributed by atoms with Crippen LogP contribution in [0.5, 0.6) is 0 Å². The number of nitrogens with one attached hydrogen (secondary N) is 1. The van der Waals surface area contributed by atoms with Gasteiger partial charge in [-0.15, -0.1) is 0 Å². The summed E-state index contributed by atoms with van der Waals surface area (Å²) in [4.78, 5) is 4.64. The standard InChI is InChI=1S/C22H26N4O2S2/c1-4-30(27,28)26-12-11-18-13-17(7-10-21(18)26)20-14-29-22(25-24-20)23-19-8-5-16(6-9-19)15(2)3/h5-10,13,15H,4,11-12,14H2,1-3H3,(H,23,25). The van der Waals surface area contributed by atoms with Gasteiger partial charge in [-0.25, -0.2) is 13.4 Å². The van der Waals surface area contributed by atoms with Gasteiger partial charge in [0.1, 0.15) is 0 Å². The van der Waals surface area contributed by atoms with Crippen LogP contribution < -0.4 is 9.73 Å². The van der Waals surface area contributed by atoms with Gasteiger partial charge in [0, 0.05) is 12.3 Å². The highest BCUT2D eigenvalue weighted by Gasteiger charge is 2.28. The van der Waals surface area contributed by atoms with Crippen LogP contribution in [-0.2, 0) is 16.4 Å². The highest BCUT2D eigenvalue weighted by Crippen LogP contribution is 2.32. The molecule has 0 aromatic heterocycles. The summed E-state index contributed by atoms with van der Waals surface area (Å²) in [5, 5.41) is 5.29. The molecule has 0 radical (unpaired) electrons. The van der Waals surface area contributed by atoms with E-state index in [0.717, 1.165) is 39.8 Å². The van der Waals surface area contributed by atoms with Gasteiger partial charge in [0.25, 0.3) is 0 Å². The van der Waals surface area contributed by atoms with Crippen molar-refractivity contribution in [3.05, 3.63) is 59.2 Å². The molecule has 0 spiro atoms. The van der Waals surface area contributed by atoms with Crippen molar-refractivity contribution in [3.8, 4) is 0 Å². The third-order valence-electron chi connectivity index (χ3n) is 5.39. The Morgan fingerprint density at radius 3 is 2.60 bits per heavy atom. The summed E-state index contributed by atoms with van der Waals surface area (Å²) in [6.45, 7) is 6.55. The third kappa shape index (κ3) is 4.25. The Hall–Kier alpha value is -2.32. The summed E-state index contributed by atoms with van der Waals surface area (Å²) < 4.78 is 26.1. The predicted molar refractivity (Wildman–Crippen MR) is 127 cm³/mol. The Balaban J connectivity index is 1.49. The summed E-state index contributed by atoms with van der Waals surface area (Å²) in [5.41, 5.74) is 9.07. The number of sulfonamides is 1. The Kier molecular flexibility index (Phi) is 5.88. The molecule has 158 valence electrons. The molecule has 8 heteroatoms. The number of amidine groups is 1. The smallest absolute Gasteiger partial charge is 0.234 e. The minimum Gasteiger partial charge on any atom is -0.270 e. The van der Waals surface area contributed by atoms with Crippen LogP contribution in [0.4, 0.5) is 11.4 Å². The molecule has 1 N–H and O–H groups in total. The fraction of sp³-hybridized carbons (Fsp3) is 0.364. The van der Waals surface area contributed by atoms with E-state index >= 15 is 0 Å². The molecule has 0 saturated carbocycles. The average molecular weight is 443 g/mol. The number of benzene rings is 2. The Bertz CT molecular complexity index is 1110. The maximum atomic E-state index is 12.3. The minimum absolute atomic E-state index is 0.115. The molecule has 0 fully saturated rings. The molecule has 0 atom stereocenters. The largest absolute Gasteiger partial charge is 0.270 e. The van der Waals surface area contributed by atoms with Crippen molar-refractivity contribution < 1.29 is 8.42 Å². The summed E-state index contributed by atoms with van der Waals surface area (Å²) in [6, 6.07) is 14.2. The van der Waals surface area contributed by atoms with E-state index in [2.05, 4.69) is 47.6 Å². The molecular weight excluding hydrogens is 416 g/mol. The first-order chi connectivity index (χ1) is 14.4. The van der Waals surface area contributed by atoms with E-state index in [0.29, 0.717) is 18.2 Å². The van der Waals surface area contributed by atoms with Crippen molar-refractivity contribution >= 4 is 44.0 Å². The number of rotatable bonds is 5. The van der Waals surface area contributed by atoms with Crippen molar-refractivity contribution in [1.29, 1.82) is 0 Å². The lowest BCUT2D eigenvalue weighted by Crippen LogP contribution is -2.30. The Morgan fingerprint density at radius 1 is 1.20 bits per heavy atom. The van der Waals surface area contributed by atoms with E-state index in [4.69, 9.17) is 0 Å². The number of hydrazone groups is 1. The molecule has 2 aliphatic heterocycles. The molecule has 2 aromatic rings. The SMILES string of the molecule is CCS(=O)(=O)N1CCc2cc(C3=NNC(=Nc4ccc(C(C)C)cc4)SC3)ccc21. The van der Waals surface area contributed by atoms with Gasteiger partial charge in [0.2, 0.25) is 10.0 Å². The van der Waals surface area contributed by atoms with Crippen LogP contribution >= 0.6 is 11.8 Å². The highest BCUT2D eigenvalue weighted by atomic mass is 32.2. The van der Waals surface area contributed by atoms with Gasteiger partial charge in [-0.1, -0.05) is 43.8 Å². The first-order valence-corrected chi connectivity index (χ1v) is 12.7. The number of hydrogen-bond donors (Lipinski definition) is 1. The van der Waals surface area contributed by atoms with Crippen LogP contribution in [0, 0.1) is 0 Å². The van der Waals surface area contributed by atoms with Gasteiger partial charge in [0.15, 0.2) is 5.17 Å². The summed E-state index contributed by atoms with van der Waals surface area (Å²) >= 11 is 1.61. The van der Waals surface area contributed by atoms with Gasteiger partial charge in [-0.3, -0.25) is 9.73 Å². The van der Waals surface area contributed by atoms with Crippen LogP contribution in [0.15, 0.2) is 52.6 Å². The molecule has 0 amide bonds. The molecule has 0 aliphatic carbocycles. The molecule has 4 rings (SSSR count). The van der Waals surface area contributed by atoms with Crippen LogP contribution in [0.2, 0.25) is 0 Å². The Labute approximate surface area is 182 Å². The molecule has 0 saturated heterocycles. The molecule has 2 aromatic carbocycles. The van der Waals surface area contributed by atoms with Crippen molar-refractivity contribution in [2.45, 2.75) is 33.1 Å². The lowest BCUT2D eigenvalue weighted by Gasteiger charge is -2.19. The summed E-state index contributed by atoms with van der Waals surface area (Å²) in [7, 11) is -3.22. The Morgan fingerprint density at radius 2 is 1.97 bits per heavy atom. The highest BCUT2D eigenvalue weighted by molar-refractivity contribution is 8.14. The quantitative estimate of drug-likeness (QED) is 0.751. The number of fused-ring (bicyclic) bond motifs is 1. The van der Waals surface area contributed by atoms with Gasteiger partial charge >= 0.3 is 0 Å². The zero-order chi connectivity index (χ0) is 21.3. The van der Waals surface area contributed by atoms with Gasteiger partial charge < -0.3 is 0 Å². The van der Waals surface area contributed by atoms with E-state index in [1.54, 1.807) is 18.7 Å². The maximum absolute atomic E-state index is 12.3. The molecule has 0 unspecified atom stereocenters. The number of nitrogens with zero attached hydrogens (tertiary/aromatic N) is 3.